The van der Waals surface area contributed by atoms with Crippen molar-refractivity contribution in [2.45, 2.75) is 37.9 Å². The van der Waals surface area contributed by atoms with Crippen molar-refractivity contribution >= 4 is 5.91 Å². The lowest BCUT2D eigenvalue weighted by molar-refractivity contribution is -0.196. The highest BCUT2D eigenvalue weighted by molar-refractivity contribution is 5.86. The number of halogens is 2. The Morgan fingerprint density at radius 2 is 1.83 bits per heavy atom. The van der Waals surface area contributed by atoms with Crippen molar-refractivity contribution < 1.29 is 23.0 Å². The van der Waals surface area contributed by atoms with E-state index in [-0.39, 0.29) is 0 Å². The molecule has 0 radical (unpaired) electrons. The molecule has 0 N–H and O–H groups in total. The minimum Gasteiger partial charge on any atom is -0.346 e. The van der Waals surface area contributed by atoms with Gasteiger partial charge in [-0.2, -0.15) is 0 Å². The Morgan fingerprint density at radius 3 is 2.39 bits per heavy atom. The summed E-state index contributed by atoms with van der Waals surface area (Å²) in [6.07, 6.45) is -0.485. The van der Waals surface area contributed by atoms with Gasteiger partial charge in [0.2, 0.25) is 5.91 Å². The van der Waals surface area contributed by atoms with Crippen molar-refractivity contribution in [2.24, 2.45) is 5.41 Å². The van der Waals surface area contributed by atoms with Crippen molar-refractivity contribution in [2.75, 3.05) is 26.3 Å². The number of ether oxygens (including phenoxy) is 2. The van der Waals surface area contributed by atoms with Crippen LogP contribution in [0.4, 0.5) is 8.78 Å². The van der Waals surface area contributed by atoms with Crippen LogP contribution in [0.3, 0.4) is 0 Å². The molecule has 18 heavy (non-hydrogen) atoms. The topological polar surface area (TPSA) is 38.8 Å². The van der Waals surface area contributed by atoms with Gasteiger partial charge >= 0.3 is 0 Å². The van der Waals surface area contributed by atoms with Crippen LogP contribution in [0.5, 0.6) is 0 Å². The van der Waals surface area contributed by atoms with E-state index in [0.717, 1.165) is 12.8 Å². The third-order valence-corrected chi connectivity index (χ3v) is 4.15. The van der Waals surface area contributed by atoms with Gasteiger partial charge in [0.1, 0.15) is 5.41 Å². The van der Waals surface area contributed by atoms with E-state index in [2.05, 4.69) is 0 Å². The van der Waals surface area contributed by atoms with Crippen LogP contribution in [-0.4, -0.2) is 49.3 Å². The molecule has 3 aliphatic rings. The Morgan fingerprint density at radius 1 is 1.17 bits per heavy atom. The first-order valence-corrected chi connectivity index (χ1v) is 6.44. The molecule has 1 amide bonds. The van der Waals surface area contributed by atoms with Crippen LogP contribution in [-0.2, 0) is 14.3 Å². The molecule has 102 valence electrons. The Bertz CT molecular complexity index is 351. The first-order valence-electron chi connectivity index (χ1n) is 6.44. The van der Waals surface area contributed by atoms with Crippen molar-refractivity contribution in [3.63, 3.8) is 0 Å². The molecule has 2 heterocycles. The minimum absolute atomic E-state index is 0.292. The SMILES string of the molecule is O=C(N1CCCC2(C1)OCCO2)C1(C(F)F)CC1. The molecule has 2 aliphatic heterocycles. The zero-order valence-corrected chi connectivity index (χ0v) is 10.2. The maximum atomic E-state index is 12.9. The lowest BCUT2D eigenvalue weighted by atomic mass is 10.00. The number of hydrogen-bond donors (Lipinski definition) is 0. The second-order valence-corrected chi connectivity index (χ2v) is 5.39. The fraction of sp³-hybridized carbons (Fsp3) is 0.917. The van der Waals surface area contributed by atoms with E-state index in [1.165, 1.54) is 4.90 Å². The standard InChI is InChI=1S/C12H17F2NO3/c13-9(14)11(3-4-11)10(16)15-5-1-2-12(8-15)17-6-7-18-12/h9H,1-8H2. The van der Waals surface area contributed by atoms with E-state index in [1.807, 2.05) is 0 Å². The Labute approximate surface area is 104 Å². The molecule has 1 saturated carbocycles. The number of likely N-dealkylation sites (tertiary alicyclic amines) is 1. The summed E-state index contributed by atoms with van der Waals surface area (Å²) in [5.74, 6) is -1.15. The molecule has 6 heteroatoms. The lowest BCUT2D eigenvalue weighted by Crippen LogP contribution is -2.53. The first-order chi connectivity index (χ1) is 8.58. The van der Waals surface area contributed by atoms with Crippen molar-refractivity contribution in [3.05, 3.63) is 0 Å². The van der Waals surface area contributed by atoms with Crippen molar-refractivity contribution in [1.29, 1.82) is 0 Å². The van der Waals surface area contributed by atoms with Crippen molar-refractivity contribution in [3.8, 4) is 0 Å². The average Bonchev–Trinajstić information content (AvgIpc) is 3.07. The predicted octanol–water partition coefficient (Wildman–Crippen LogP) is 1.40. The van der Waals surface area contributed by atoms with E-state index in [4.69, 9.17) is 9.47 Å². The molecule has 0 unspecified atom stereocenters. The monoisotopic (exact) mass is 261 g/mol. The lowest BCUT2D eigenvalue weighted by Gasteiger charge is -2.39. The van der Waals surface area contributed by atoms with Gasteiger partial charge in [-0.05, 0) is 19.3 Å². The van der Waals surface area contributed by atoms with Crippen LogP contribution < -0.4 is 0 Å². The number of carbonyl (C=O) groups excluding carboxylic acids is 1. The van der Waals surface area contributed by atoms with E-state index >= 15 is 0 Å². The van der Waals surface area contributed by atoms with Gasteiger partial charge in [-0.1, -0.05) is 0 Å². The highest BCUT2D eigenvalue weighted by Gasteiger charge is 2.60. The van der Waals surface area contributed by atoms with Gasteiger partial charge in [0.05, 0.1) is 19.8 Å². The Hall–Kier alpha value is -0.750. The molecule has 0 aromatic carbocycles. The molecule has 4 nitrogen and oxygen atoms in total. The molecule has 2 saturated heterocycles. The van der Waals surface area contributed by atoms with Crippen LogP contribution in [0.25, 0.3) is 0 Å². The number of amides is 1. The first kappa shape index (κ1) is 12.3. The largest absolute Gasteiger partial charge is 0.346 e. The van der Waals surface area contributed by atoms with Crippen LogP contribution in [0.15, 0.2) is 0 Å². The van der Waals surface area contributed by atoms with Crippen LogP contribution in [0.1, 0.15) is 25.7 Å². The molecular formula is C12H17F2NO3. The third kappa shape index (κ3) is 1.82. The van der Waals surface area contributed by atoms with Crippen LogP contribution in [0.2, 0.25) is 0 Å². The second kappa shape index (κ2) is 4.13. The van der Waals surface area contributed by atoms with Gasteiger partial charge in [0, 0.05) is 13.0 Å². The molecule has 1 aliphatic carbocycles. The summed E-state index contributed by atoms with van der Waals surface area (Å²) in [5.41, 5.74) is -1.41. The van der Waals surface area contributed by atoms with Crippen LogP contribution >= 0.6 is 0 Å². The number of rotatable bonds is 2. The minimum atomic E-state index is -2.56. The number of alkyl halides is 2. The highest BCUT2D eigenvalue weighted by atomic mass is 19.3. The Kier molecular flexibility index (Phi) is 2.82. The molecule has 3 rings (SSSR count). The quantitative estimate of drug-likeness (QED) is 0.754. The fourth-order valence-electron chi connectivity index (χ4n) is 2.87. The van der Waals surface area contributed by atoms with E-state index < -0.39 is 23.5 Å². The van der Waals surface area contributed by atoms with Crippen molar-refractivity contribution in [1.82, 2.24) is 4.90 Å². The smallest absolute Gasteiger partial charge is 0.252 e. The molecule has 1 spiro atoms. The predicted molar refractivity (Wildman–Crippen MR) is 58.1 cm³/mol. The fourth-order valence-corrected chi connectivity index (χ4v) is 2.87. The molecule has 0 aromatic heterocycles. The summed E-state index contributed by atoms with van der Waals surface area (Å²) in [5, 5.41) is 0. The van der Waals surface area contributed by atoms with E-state index in [9.17, 15) is 13.6 Å². The molecule has 0 aromatic rings. The number of piperidine rings is 1. The molecular weight excluding hydrogens is 244 g/mol. The summed E-state index contributed by atoms with van der Waals surface area (Å²) in [6, 6.07) is 0. The van der Waals surface area contributed by atoms with Gasteiger partial charge in [-0.25, -0.2) is 8.78 Å². The summed E-state index contributed by atoms with van der Waals surface area (Å²) in [6.45, 7) is 1.85. The zero-order valence-electron chi connectivity index (χ0n) is 10.2. The van der Waals surface area contributed by atoms with Gasteiger partial charge in [-0.3, -0.25) is 4.79 Å². The molecule has 3 fully saturated rings. The summed E-state index contributed by atoms with van der Waals surface area (Å²) in [7, 11) is 0. The molecule has 0 atom stereocenters. The summed E-state index contributed by atoms with van der Waals surface area (Å²) in [4.78, 5) is 13.7. The van der Waals surface area contributed by atoms with Gasteiger partial charge in [0.25, 0.3) is 6.43 Å². The second-order valence-electron chi connectivity index (χ2n) is 5.39. The summed E-state index contributed by atoms with van der Waals surface area (Å²) < 4.78 is 37.0. The Balaban J connectivity index is 1.71. The number of hydrogen-bond acceptors (Lipinski definition) is 3. The average molecular weight is 261 g/mol. The van der Waals surface area contributed by atoms with Gasteiger partial charge < -0.3 is 14.4 Å². The molecule has 0 bridgehead atoms. The third-order valence-electron chi connectivity index (χ3n) is 4.15. The van der Waals surface area contributed by atoms with Gasteiger partial charge in [-0.15, -0.1) is 0 Å². The number of nitrogens with zero attached hydrogens (tertiary/aromatic N) is 1. The summed E-state index contributed by atoms with van der Waals surface area (Å²) >= 11 is 0. The van der Waals surface area contributed by atoms with E-state index in [0.29, 0.717) is 39.1 Å². The van der Waals surface area contributed by atoms with E-state index in [1.54, 1.807) is 0 Å². The number of carbonyl (C=O) groups is 1. The van der Waals surface area contributed by atoms with Gasteiger partial charge in [0.15, 0.2) is 5.79 Å². The maximum Gasteiger partial charge on any atom is 0.252 e. The zero-order chi connectivity index (χ0) is 12.8. The highest BCUT2D eigenvalue weighted by Crippen LogP contribution is 2.52. The van der Waals surface area contributed by atoms with Crippen LogP contribution in [0, 0.1) is 5.41 Å². The maximum absolute atomic E-state index is 12.9. The normalized spacial score (nSPS) is 28.9.